The number of rotatable bonds is 3. The van der Waals surface area contributed by atoms with Crippen molar-refractivity contribution in [3.8, 4) is 0 Å². The van der Waals surface area contributed by atoms with Crippen molar-refractivity contribution in [3.05, 3.63) is 34.9 Å². The van der Waals surface area contributed by atoms with E-state index >= 15 is 0 Å². The maximum atomic E-state index is 12.6. The molecule has 2 aliphatic rings. The molecule has 0 radical (unpaired) electrons. The fraction of sp³-hybridized carbons (Fsp3) is 0.588. The molecular formula is C17H23NO3S. The van der Waals surface area contributed by atoms with Crippen LogP contribution in [-0.2, 0) is 14.6 Å². The lowest BCUT2D eigenvalue weighted by atomic mass is 9.93. The molecule has 1 heterocycles. The van der Waals surface area contributed by atoms with Crippen LogP contribution >= 0.6 is 0 Å². The van der Waals surface area contributed by atoms with Crippen LogP contribution in [0, 0.1) is 13.8 Å². The molecule has 1 saturated carbocycles. The number of likely N-dealkylation sites (tertiary alicyclic amines) is 1. The molecule has 120 valence electrons. The molecule has 1 aromatic rings. The summed E-state index contributed by atoms with van der Waals surface area (Å²) in [5, 5.41) is 0. The lowest BCUT2D eigenvalue weighted by Gasteiger charge is -2.22. The summed E-state index contributed by atoms with van der Waals surface area (Å²) in [6, 6.07) is 6.41. The summed E-state index contributed by atoms with van der Waals surface area (Å²) >= 11 is 0. The van der Waals surface area contributed by atoms with Crippen molar-refractivity contribution in [2.75, 3.05) is 19.3 Å². The van der Waals surface area contributed by atoms with E-state index in [0.29, 0.717) is 31.8 Å². The van der Waals surface area contributed by atoms with E-state index in [4.69, 9.17) is 0 Å². The van der Waals surface area contributed by atoms with E-state index in [1.165, 1.54) is 22.9 Å². The lowest BCUT2D eigenvalue weighted by molar-refractivity contribution is -0.130. The molecule has 1 aromatic carbocycles. The van der Waals surface area contributed by atoms with Crippen LogP contribution in [0.15, 0.2) is 18.2 Å². The van der Waals surface area contributed by atoms with Gasteiger partial charge in [0, 0.05) is 25.3 Å². The predicted molar refractivity (Wildman–Crippen MR) is 86.7 cm³/mol. The van der Waals surface area contributed by atoms with Gasteiger partial charge in [-0.1, -0.05) is 23.8 Å². The highest BCUT2D eigenvalue weighted by Crippen LogP contribution is 2.46. The Labute approximate surface area is 132 Å². The minimum atomic E-state index is -3.32. The molecule has 22 heavy (non-hydrogen) atoms. The van der Waals surface area contributed by atoms with Crippen molar-refractivity contribution in [3.63, 3.8) is 0 Å². The second-order valence-corrected chi connectivity index (χ2v) is 9.19. The molecular weight excluding hydrogens is 298 g/mol. The Morgan fingerprint density at radius 2 is 1.95 bits per heavy atom. The highest BCUT2D eigenvalue weighted by atomic mass is 32.2. The molecule has 1 unspecified atom stereocenters. The Bertz CT molecular complexity index is 719. The van der Waals surface area contributed by atoms with E-state index in [1.807, 2.05) is 0 Å². The van der Waals surface area contributed by atoms with E-state index in [-0.39, 0.29) is 5.91 Å². The smallest absolute Gasteiger partial charge is 0.244 e. The average Bonchev–Trinajstić information content (AvgIpc) is 3.11. The Hall–Kier alpha value is -1.36. The fourth-order valence-corrected chi connectivity index (χ4v) is 4.92. The number of nitrogens with zero attached hydrogens (tertiary/aromatic N) is 1. The summed E-state index contributed by atoms with van der Waals surface area (Å²) < 4.78 is 22.7. The first-order chi connectivity index (χ1) is 10.2. The van der Waals surface area contributed by atoms with Gasteiger partial charge in [-0.2, -0.15) is 0 Å². The Morgan fingerprint density at radius 3 is 2.50 bits per heavy atom. The first-order valence-corrected chi connectivity index (χ1v) is 9.70. The number of hydrogen-bond acceptors (Lipinski definition) is 3. The quantitative estimate of drug-likeness (QED) is 0.857. The Balaban J connectivity index is 1.77. The van der Waals surface area contributed by atoms with Gasteiger partial charge < -0.3 is 4.90 Å². The zero-order chi connectivity index (χ0) is 16.1. The molecule has 4 nitrogen and oxygen atoms in total. The number of aryl methyl sites for hydroxylation is 2. The largest absolute Gasteiger partial charge is 0.341 e. The van der Waals surface area contributed by atoms with Crippen LogP contribution in [0.2, 0.25) is 0 Å². The van der Waals surface area contributed by atoms with Crippen molar-refractivity contribution < 1.29 is 13.2 Å². The van der Waals surface area contributed by atoms with Crippen LogP contribution in [0.4, 0.5) is 0 Å². The van der Waals surface area contributed by atoms with Gasteiger partial charge in [0.15, 0.2) is 14.6 Å². The van der Waals surface area contributed by atoms with E-state index < -0.39 is 14.6 Å². The van der Waals surface area contributed by atoms with Crippen molar-refractivity contribution >= 4 is 15.7 Å². The summed E-state index contributed by atoms with van der Waals surface area (Å²) in [6.45, 7) is 5.48. The predicted octanol–water partition coefficient (Wildman–Crippen LogP) is 2.20. The van der Waals surface area contributed by atoms with Gasteiger partial charge in [-0.25, -0.2) is 8.42 Å². The van der Waals surface area contributed by atoms with Crippen LogP contribution < -0.4 is 0 Å². The Kier molecular flexibility index (Phi) is 3.59. The molecule has 3 rings (SSSR count). The number of sulfone groups is 1. The third kappa shape index (κ3) is 2.45. The summed E-state index contributed by atoms with van der Waals surface area (Å²) in [4.78, 5) is 14.4. The highest BCUT2D eigenvalue weighted by Gasteiger charge is 2.60. The monoisotopic (exact) mass is 321 g/mol. The SMILES string of the molecule is Cc1ccc(C2CCN(C(=O)C3(S(C)(=O)=O)CC3)C2)c(C)c1. The summed E-state index contributed by atoms with van der Waals surface area (Å²) in [5.41, 5.74) is 3.77. The molecule has 0 aromatic heterocycles. The van der Waals surface area contributed by atoms with E-state index in [9.17, 15) is 13.2 Å². The molecule has 1 atom stereocenters. The van der Waals surface area contributed by atoms with E-state index in [0.717, 1.165) is 6.42 Å². The van der Waals surface area contributed by atoms with Crippen molar-refractivity contribution in [2.45, 2.75) is 43.8 Å². The topological polar surface area (TPSA) is 54.5 Å². The average molecular weight is 321 g/mol. The first-order valence-electron chi connectivity index (χ1n) is 7.81. The number of benzene rings is 1. The number of carbonyl (C=O) groups excluding carboxylic acids is 1. The van der Waals surface area contributed by atoms with Gasteiger partial charge in [-0.05, 0) is 44.2 Å². The van der Waals surface area contributed by atoms with E-state index in [2.05, 4.69) is 32.0 Å². The van der Waals surface area contributed by atoms with Gasteiger partial charge >= 0.3 is 0 Å². The standard InChI is InChI=1S/C17H23NO3S/c1-12-4-5-15(13(2)10-12)14-6-9-18(11-14)16(19)17(7-8-17)22(3,20)21/h4-5,10,14H,6-9,11H2,1-3H3. The van der Waals surface area contributed by atoms with Crippen LogP contribution in [0.5, 0.6) is 0 Å². The van der Waals surface area contributed by atoms with Gasteiger partial charge in [0.25, 0.3) is 0 Å². The molecule has 1 amide bonds. The first kappa shape index (κ1) is 15.5. The van der Waals surface area contributed by atoms with Crippen LogP contribution in [-0.4, -0.2) is 43.3 Å². The van der Waals surface area contributed by atoms with Gasteiger partial charge in [-0.3, -0.25) is 4.79 Å². The molecule has 2 fully saturated rings. The summed E-state index contributed by atoms with van der Waals surface area (Å²) in [7, 11) is -3.32. The number of carbonyl (C=O) groups is 1. The highest BCUT2D eigenvalue weighted by molar-refractivity contribution is 7.93. The number of hydrogen-bond donors (Lipinski definition) is 0. The normalized spacial score (nSPS) is 23.6. The minimum absolute atomic E-state index is 0.178. The second kappa shape index (κ2) is 5.08. The maximum absolute atomic E-state index is 12.6. The lowest BCUT2D eigenvalue weighted by Crippen LogP contribution is -2.43. The van der Waals surface area contributed by atoms with Crippen LogP contribution in [0.25, 0.3) is 0 Å². The van der Waals surface area contributed by atoms with Gasteiger partial charge in [0.1, 0.15) is 0 Å². The molecule has 0 bridgehead atoms. The van der Waals surface area contributed by atoms with Crippen molar-refractivity contribution in [1.29, 1.82) is 0 Å². The minimum Gasteiger partial charge on any atom is -0.341 e. The zero-order valence-corrected chi connectivity index (χ0v) is 14.2. The summed E-state index contributed by atoms with van der Waals surface area (Å²) in [5.74, 6) is 0.141. The third-order valence-electron chi connectivity index (χ3n) is 5.14. The van der Waals surface area contributed by atoms with Gasteiger partial charge in [-0.15, -0.1) is 0 Å². The molecule has 0 spiro atoms. The summed E-state index contributed by atoms with van der Waals surface area (Å²) in [6.07, 6.45) is 3.07. The third-order valence-corrected chi connectivity index (χ3v) is 7.15. The zero-order valence-electron chi connectivity index (χ0n) is 13.4. The van der Waals surface area contributed by atoms with Gasteiger partial charge in [0.05, 0.1) is 0 Å². The van der Waals surface area contributed by atoms with Crippen LogP contribution in [0.3, 0.4) is 0 Å². The fourth-order valence-electron chi connectivity index (χ4n) is 3.63. The molecule has 0 N–H and O–H groups in total. The Morgan fingerprint density at radius 1 is 1.27 bits per heavy atom. The van der Waals surface area contributed by atoms with Crippen molar-refractivity contribution in [1.82, 2.24) is 4.90 Å². The molecule has 1 saturated heterocycles. The second-order valence-electron chi connectivity index (χ2n) is 6.86. The molecule has 1 aliphatic carbocycles. The van der Waals surface area contributed by atoms with Gasteiger partial charge in [0.2, 0.25) is 5.91 Å². The van der Waals surface area contributed by atoms with Crippen LogP contribution in [0.1, 0.15) is 41.9 Å². The molecule has 1 aliphatic heterocycles. The van der Waals surface area contributed by atoms with Crippen molar-refractivity contribution in [2.24, 2.45) is 0 Å². The molecule has 5 heteroatoms. The maximum Gasteiger partial charge on any atom is 0.244 e. The number of amides is 1. The van der Waals surface area contributed by atoms with E-state index in [1.54, 1.807) is 4.90 Å².